The number of para-hydroxylation sites is 1. The number of piperidine rings is 2. The van der Waals surface area contributed by atoms with Gasteiger partial charge in [-0.05, 0) is 92.7 Å². The molecular weight excluding hydrogens is 903 g/mol. The number of imide groups is 2. The third-order valence-electron chi connectivity index (χ3n) is 15.6. The number of nitrogens with one attached hydrogen (secondary N) is 4. The number of hydrogen-bond acceptors (Lipinski definition) is 14. The van der Waals surface area contributed by atoms with Gasteiger partial charge in [0.15, 0.2) is 0 Å². The van der Waals surface area contributed by atoms with Crippen LogP contribution in [0.1, 0.15) is 89.6 Å². The Morgan fingerprint density at radius 1 is 0.928 bits per heavy atom. The summed E-state index contributed by atoms with van der Waals surface area (Å²) in [6.45, 7) is 4.48. The summed E-state index contributed by atoms with van der Waals surface area (Å²) in [6, 6.07) is 9.83. The van der Waals surface area contributed by atoms with Crippen molar-refractivity contribution in [3.8, 4) is 11.8 Å². The van der Waals surface area contributed by atoms with Crippen LogP contribution in [-0.4, -0.2) is 131 Å². The summed E-state index contributed by atoms with van der Waals surface area (Å²) < 4.78 is 58.6. The fraction of sp³-hybridized carbons (Fsp3) is 0.542. The number of carbonyl (C=O) groups is 5. The van der Waals surface area contributed by atoms with Gasteiger partial charge in [-0.1, -0.05) is 18.2 Å². The van der Waals surface area contributed by atoms with E-state index >= 15 is 4.39 Å². The highest BCUT2D eigenvalue weighted by Gasteiger charge is 2.55. The smallest absolute Gasteiger partial charge is 0.405 e. The van der Waals surface area contributed by atoms with Crippen molar-refractivity contribution in [1.29, 1.82) is 5.26 Å². The Balaban J connectivity index is 0.681. The molecule has 4 aliphatic heterocycles. The van der Waals surface area contributed by atoms with Crippen molar-refractivity contribution < 1.29 is 46.3 Å². The van der Waals surface area contributed by atoms with Gasteiger partial charge in [-0.25, -0.2) is 9.37 Å². The van der Waals surface area contributed by atoms with Crippen molar-refractivity contribution in [3.63, 3.8) is 0 Å². The van der Waals surface area contributed by atoms with Gasteiger partial charge in [-0.3, -0.25) is 39.1 Å². The highest BCUT2D eigenvalue weighted by atomic mass is 19.4. The van der Waals surface area contributed by atoms with Crippen LogP contribution in [0.15, 0.2) is 42.6 Å². The van der Waals surface area contributed by atoms with E-state index < -0.39 is 41.9 Å². The summed E-state index contributed by atoms with van der Waals surface area (Å²) in [5.74, 6) is -1.54. The second-order valence-electron chi connectivity index (χ2n) is 19.7. The molecule has 17 nitrogen and oxygen atoms in total. The Bertz CT molecular complexity index is 2580. The molecule has 4 saturated carbocycles. The fourth-order valence-corrected chi connectivity index (χ4v) is 12.6. The molecular formula is C48H53F4N11O6. The van der Waals surface area contributed by atoms with E-state index in [1.807, 2.05) is 9.80 Å². The molecule has 8 aliphatic rings. The largest absolute Gasteiger partial charge is 0.573 e. The number of nitriles is 1. The number of fused-ring (bicyclic) bond motifs is 1. The van der Waals surface area contributed by atoms with E-state index in [1.54, 1.807) is 6.07 Å². The maximum absolute atomic E-state index is 15.6. The van der Waals surface area contributed by atoms with Gasteiger partial charge < -0.3 is 30.5 Å². The zero-order chi connectivity index (χ0) is 48.2. The lowest BCUT2D eigenvalue weighted by atomic mass is 9.48. The second kappa shape index (κ2) is 18.5. The molecule has 2 aromatic carbocycles. The van der Waals surface area contributed by atoms with Gasteiger partial charge in [0.2, 0.25) is 23.7 Å². The molecule has 21 heteroatoms. The first kappa shape index (κ1) is 46.3. The Kier molecular flexibility index (Phi) is 12.4. The summed E-state index contributed by atoms with van der Waals surface area (Å²) in [5, 5.41) is 22.1. The van der Waals surface area contributed by atoms with Crippen LogP contribution in [0, 0.1) is 40.3 Å². The number of likely N-dealkylation sites (tertiary alicyclic amines) is 1. The van der Waals surface area contributed by atoms with Crippen molar-refractivity contribution in [1.82, 2.24) is 35.3 Å². The number of nitrogens with zero attached hydrogens (tertiary/aromatic N) is 7. The molecule has 5 heterocycles. The molecule has 0 spiro atoms. The minimum atomic E-state index is -4.84. The third kappa shape index (κ3) is 9.40. The number of benzene rings is 2. The average Bonchev–Trinajstić information content (AvgIpc) is 3.56. The number of piperazine rings is 1. The second-order valence-corrected chi connectivity index (χ2v) is 19.7. The molecule has 6 atom stereocenters. The minimum Gasteiger partial charge on any atom is -0.405 e. The van der Waals surface area contributed by atoms with Gasteiger partial charge in [-0.15, -0.1) is 13.2 Å². The SMILES string of the molecule is N#Cc1cnc(NCc2ccccc2OC(F)(F)F)nc1NCC12CC3C[C@H](C1)C(NCC(=O)N1CCC(N4CCN(c5cc6c(cc5F)C(=O)N(C5CCC(=O)NC5=O)C6=O)CC4)CC1)[C@@H](C3)C2. The summed E-state index contributed by atoms with van der Waals surface area (Å²) in [4.78, 5) is 80.1. The van der Waals surface area contributed by atoms with E-state index in [9.17, 15) is 42.4 Å². The molecule has 11 rings (SSSR count). The van der Waals surface area contributed by atoms with Crippen molar-refractivity contribution >= 4 is 47.0 Å². The van der Waals surface area contributed by atoms with Crippen molar-refractivity contribution in [3.05, 3.63) is 70.7 Å². The number of aromatic nitrogens is 2. The summed E-state index contributed by atoms with van der Waals surface area (Å²) in [5.41, 5.74) is 0.715. The highest BCUT2D eigenvalue weighted by molar-refractivity contribution is 6.23. The minimum absolute atomic E-state index is 0.00128. The molecule has 4 N–H and O–H groups in total. The lowest BCUT2D eigenvalue weighted by Crippen LogP contribution is -2.61. The Hall–Kier alpha value is -6.40. The summed E-state index contributed by atoms with van der Waals surface area (Å²) in [7, 11) is 0. The molecule has 1 aromatic heterocycles. The number of ether oxygens (including phenoxy) is 1. The lowest BCUT2D eigenvalue weighted by Gasteiger charge is -2.60. The first-order chi connectivity index (χ1) is 33.1. The van der Waals surface area contributed by atoms with E-state index in [0.29, 0.717) is 69.4 Å². The predicted molar refractivity (Wildman–Crippen MR) is 240 cm³/mol. The molecule has 69 heavy (non-hydrogen) atoms. The van der Waals surface area contributed by atoms with Crippen LogP contribution < -0.4 is 30.9 Å². The fourth-order valence-electron chi connectivity index (χ4n) is 12.6. The van der Waals surface area contributed by atoms with Gasteiger partial charge in [0.1, 0.15) is 35.1 Å². The van der Waals surface area contributed by atoms with Crippen LogP contribution in [0.2, 0.25) is 0 Å². The zero-order valence-electron chi connectivity index (χ0n) is 37.8. The predicted octanol–water partition coefficient (Wildman–Crippen LogP) is 4.41. The van der Waals surface area contributed by atoms with Gasteiger partial charge >= 0.3 is 6.36 Å². The molecule has 4 aliphatic carbocycles. The number of hydrogen-bond donors (Lipinski definition) is 4. The average molecular weight is 956 g/mol. The molecule has 4 unspecified atom stereocenters. The van der Waals surface area contributed by atoms with Crippen LogP contribution in [0.3, 0.4) is 0 Å². The molecule has 5 amide bonds. The lowest BCUT2D eigenvalue weighted by molar-refractivity contribution is -0.274. The van der Waals surface area contributed by atoms with E-state index in [0.717, 1.165) is 55.9 Å². The van der Waals surface area contributed by atoms with Crippen molar-refractivity contribution in [2.45, 2.75) is 88.8 Å². The Labute approximate surface area is 395 Å². The van der Waals surface area contributed by atoms with E-state index in [4.69, 9.17) is 0 Å². The molecule has 0 radical (unpaired) electrons. The van der Waals surface area contributed by atoms with E-state index in [1.165, 1.54) is 30.5 Å². The number of halogens is 4. The van der Waals surface area contributed by atoms with Crippen LogP contribution >= 0.6 is 0 Å². The molecule has 364 valence electrons. The van der Waals surface area contributed by atoms with E-state index in [-0.39, 0.29) is 89.0 Å². The molecule has 7 fully saturated rings. The summed E-state index contributed by atoms with van der Waals surface area (Å²) >= 11 is 0. The van der Waals surface area contributed by atoms with E-state index in [2.05, 4.69) is 46.9 Å². The number of carbonyl (C=O) groups excluding carboxylic acids is 5. The standard InChI is InChI=1S/C48H53F4N11O6/c49-35-17-33-34(45(68)63(44(33)67)36-5-6-39(64)58-43(36)66)18-37(35)61-13-11-60(12-14-61)32-7-9-62(10-8-32)40(65)25-54-41-29-15-27-16-30(41)21-47(19-27,20-29)26-57-42-31(22-53)24-56-46(59-42)55-23-28-3-1-2-4-38(28)69-48(50,51)52/h1-4,17-18,24,27,29-30,32,36,41,54H,5-16,19-21,23,25-26H2,(H,58,64,66)(H2,55,56,57,59)/t27?,29-,30+,36?,41?,47?. The third-order valence-corrected chi connectivity index (χ3v) is 15.6. The maximum atomic E-state index is 15.6. The molecule has 3 aromatic rings. The van der Waals surface area contributed by atoms with Gasteiger partial charge in [-0.2, -0.15) is 10.2 Å². The first-order valence-electron chi connectivity index (χ1n) is 23.8. The number of amides is 5. The van der Waals surface area contributed by atoms with Crippen LogP contribution in [0.25, 0.3) is 0 Å². The molecule has 4 bridgehead atoms. The number of anilines is 3. The van der Waals surface area contributed by atoms with Crippen molar-refractivity contribution in [2.75, 3.05) is 67.9 Å². The Morgan fingerprint density at radius 3 is 2.33 bits per heavy atom. The highest BCUT2D eigenvalue weighted by Crippen LogP contribution is 2.60. The van der Waals surface area contributed by atoms with Crippen LogP contribution in [0.4, 0.5) is 35.0 Å². The maximum Gasteiger partial charge on any atom is 0.573 e. The number of alkyl halides is 3. The first-order valence-corrected chi connectivity index (χ1v) is 23.8. The van der Waals surface area contributed by atoms with Crippen molar-refractivity contribution in [2.24, 2.45) is 23.2 Å². The zero-order valence-corrected chi connectivity index (χ0v) is 37.8. The number of rotatable bonds is 13. The normalized spacial score (nSPS) is 27.1. The summed E-state index contributed by atoms with van der Waals surface area (Å²) in [6.07, 6.45) is 3.45. The topological polar surface area (TPSA) is 205 Å². The Morgan fingerprint density at radius 2 is 1.64 bits per heavy atom. The van der Waals surface area contributed by atoms with Gasteiger partial charge in [0.05, 0.1) is 29.6 Å². The van der Waals surface area contributed by atoms with Crippen LogP contribution in [-0.2, 0) is 20.9 Å². The molecule has 3 saturated heterocycles. The quantitative estimate of drug-likeness (QED) is 0.139. The van der Waals surface area contributed by atoms with Gasteiger partial charge in [0.25, 0.3) is 11.8 Å². The van der Waals surface area contributed by atoms with Gasteiger partial charge in [0, 0.05) is 76.4 Å². The monoisotopic (exact) mass is 955 g/mol. The van der Waals surface area contributed by atoms with Crippen LogP contribution in [0.5, 0.6) is 5.75 Å².